The van der Waals surface area contributed by atoms with Gasteiger partial charge in [0, 0.05) is 16.5 Å². The van der Waals surface area contributed by atoms with E-state index < -0.39 is 0 Å². The van der Waals surface area contributed by atoms with Gasteiger partial charge in [-0.05, 0) is 59.4 Å². The maximum atomic E-state index is 13.3. The fourth-order valence-electron chi connectivity index (χ4n) is 3.76. The van der Waals surface area contributed by atoms with Gasteiger partial charge in [-0.1, -0.05) is 69.8 Å². The molecule has 1 heterocycles. The highest BCUT2D eigenvalue weighted by atomic mass is 127. The van der Waals surface area contributed by atoms with E-state index in [2.05, 4.69) is 68.1 Å². The number of hydrogen-bond donors (Lipinski definition) is 0. The summed E-state index contributed by atoms with van der Waals surface area (Å²) in [6, 6.07) is 10.2. The van der Waals surface area contributed by atoms with Gasteiger partial charge in [-0.2, -0.15) is 0 Å². The van der Waals surface area contributed by atoms with Gasteiger partial charge < -0.3 is 4.74 Å². The molecule has 3 rings (SSSR count). The Morgan fingerprint density at radius 3 is 2.52 bits per heavy atom. The maximum Gasteiger partial charge on any atom is 0.340 e. The number of halogens is 1. The molecule has 1 aliphatic carbocycles. The fraction of sp³-hybridized carbons (Fsp3) is 0.360. The standard InChI is InChI=1S/C25H28INO2/c1-5-16-29-24(28)21-19(17-12-8-6-9-13-17)20(18-14-10-7-11-15-18)23(26)27-22(21)25(2,3)4/h5,7,10-12,14-15H,1,6,8-9,13,16H2,2-4H3. The van der Waals surface area contributed by atoms with Crippen LogP contribution in [0.1, 0.15) is 68.1 Å². The van der Waals surface area contributed by atoms with Crippen molar-refractivity contribution in [2.24, 2.45) is 0 Å². The van der Waals surface area contributed by atoms with Crippen molar-refractivity contribution in [1.29, 1.82) is 0 Å². The lowest BCUT2D eigenvalue weighted by atomic mass is 9.80. The molecule has 29 heavy (non-hydrogen) atoms. The Bertz CT molecular complexity index is 940. The molecule has 0 fully saturated rings. The molecule has 0 aliphatic heterocycles. The average molecular weight is 501 g/mol. The van der Waals surface area contributed by atoms with Crippen LogP contribution in [-0.4, -0.2) is 17.6 Å². The van der Waals surface area contributed by atoms with E-state index in [1.807, 2.05) is 18.2 Å². The van der Waals surface area contributed by atoms with Crippen molar-refractivity contribution in [2.75, 3.05) is 6.61 Å². The van der Waals surface area contributed by atoms with Crippen LogP contribution in [0.3, 0.4) is 0 Å². The molecule has 2 aromatic rings. The van der Waals surface area contributed by atoms with Crippen molar-refractivity contribution in [2.45, 2.75) is 51.9 Å². The second-order valence-electron chi connectivity index (χ2n) is 8.35. The van der Waals surface area contributed by atoms with Crippen molar-refractivity contribution in [3.8, 4) is 11.1 Å². The number of carbonyl (C=O) groups excluding carboxylic acids is 1. The molecule has 4 heteroatoms. The number of carbonyl (C=O) groups is 1. The van der Waals surface area contributed by atoms with E-state index in [1.54, 1.807) is 6.08 Å². The molecule has 0 unspecified atom stereocenters. The topological polar surface area (TPSA) is 39.2 Å². The zero-order chi connectivity index (χ0) is 21.0. The van der Waals surface area contributed by atoms with Gasteiger partial charge in [0.25, 0.3) is 0 Å². The van der Waals surface area contributed by atoms with Crippen molar-refractivity contribution < 1.29 is 9.53 Å². The summed E-state index contributed by atoms with van der Waals surface area (Å²) in [7, 11) is 0. The number of pyridine rings is 1. The van der Waals surface area contributed by atoms with E-state index in [0.717, 1.165) is 45.3 Å². The van der Waals surface area contributed by atoms with Crippen LogP contribution >= 0.6 is 22.6 Å². The Kier molecular flexibility index (Phi) is 6.93. The summed E-state index contributed by atoms with van der Waals surface area (Å²) in [6.07, 6.45) is 8.21. The van der Waals surface area contributed by atoms with E-state index in [0.29, 0.717) is 5.56 Å². The van der Waals surface area contributed by atoms with Gasteiger partial charge in [-0.15, -0.1) is 0 Å². The third-order valence-electron chi connectivity index (χ3n) is 5.07. The number of allylic oxidation sites excluding steroid dienone is 2. The molecule has 1 aromatic heterocycles. The van der Waals surface area contributed by atoms with Gasteiger partial charge in [0.1, 0.15) is 10.3 Å². The molecule has 1 aliphatic rings. The zero-order valence-corrected chi connectivity index (χ0v) is 19.6. The van der Waals surface area contributed by atoms with Crippen LogP contribution in [-0.2, 0) is 10.2 Å². The third-order valence-corrected chi connectivity index (χ3v) is 5.86. The Morgan fingerprint density at radius 1 is 1.21 bits per heavy atom. The fourth-order valence-corrected chi connectivity index (χ4v) is 4.58. The van der Waals surface area contributed by atoms with Crippen LogP contribution in [0, 0.1) is 3.70 Å². The van der Waals surface area contributed by atoms with Crippen molar-refractivity contribution in [3.05, 3.63) is 69.6 Å². The number of hydrogen-bond acceptors (Lipinski definition) is 3. The molecule has 0 saturated carbocycles. The minimum Gasteiger partial charge on any atom is -0.458 e. The molecule has 0 amide bonds. The minimum absolute atomic E-state index is 0.188. The molecule has 0 atom stereocenters. The monoisotopic (exact) mass is 501 g/mol. The number of ether oxygens (including phenoxy) is 1. The summed E-state index contributed by atoms with van der Waals surface area (Å²) in [5.41, 5.74) is 5.42. The summed E-state index contributed by atoms with van der Waals surface area (Å²) in [6.45, 7) is 10.2. The largest absolute Gasteiger partial charge is 0.458 e. The van der Waals surface area contributed by atoms with E-state index >= 15 is 0 Å². The van der Waals surface area contributed by atoms with E-state index in [-0.39, 0.29) is 18.0 Å². The minimum atomic E-state index is -0.322. The number of rotatable bonds is 5. The van der Waals surface area contributed by atoms with Crippen molar-refractivity contribution >= 4 is 34.1 Å². The smallest absolute Gasteiger partial charge is 0.340 e. The predicted octanol–water partition coefficient (Wildman–Crippen LogP) is 6.95. The highest BCUT2D eigenvalue weighted by molar-refractivity contribution is 14.1. The summed E-state index contributed by atoms with van der Waals surface area (Å²) >= 11 is 2.31. The van der Waals surface area contributed by atoms with Gasteiger partial charge in [-0.3, -0.25) is 0 Å². The first kappa shape index (κ1) is 21.8. The lowest BCUT2D eigenvalue weighted by Crippen LogP contribution is -2.24. The molecule has 0 bridgehead atoms. The average Bonchev–Trinajstić information content (AvgIpc) is 2.71. The van der Waals surface area contributed by atoms with Gasteiger partial charge >= 0.3 is 5.97 Å². The zero-order valence-electron chi connectivity index (χ0n) is 17.4. The number of benzene rings is 1. The molecule has 1 aromatic carbocycles. The summed E-state index contributed by atoms with van der Waals surface area (Å²) < 4.78 is 6.47. The lowest BCUT2D eigenvalue weighted by molar-refractivity contribution is 0.0545. The first-order chi connectivity index (χ1) is 13.8. The predicted molar refractivity (Wildman–Crippen MR) is 128 cm³/mol. The maximum absolute atomic E-state index is 13.3. The van der Waals surface area contributed by atoms with Crippen LogP contribution in [0.5, 0.6) is 0 Å². The van der Waals surface area contributed by atoms with Gasteiger partial charge in [0.2, 0.25) is 0 Å². The molecule has 0 saturated heterocycles. The quantitative estimate of drug-likeness (QED) is 0.193. The number of nitrogens with zero attached hydrogens (tertiary/aromatic N) is 1. The molecule has 3 nitrogen and oxygen atoms in total. The van der Waals surface area contributed by atoms with Crippen LogP contribution < -0.4 is 0 Å². The highest BCUT2D eigenvalue weighted by Gasteiger charge is 2.32. The Balaban J connectivity index is 2.39. The lowest BCUT2D eigenvalue weighted by Gasteiger charge is -2.27. The Labute approximate surface area is 187 Å². The van der Waals surface area contributed by atoms with E-state index in [4.69, 9.17) is 9.72 Å². The van der Waals surface area contributed by atoms with Gasteiger partial charge in [0.05, 0.1) is 11.3 Å². The van der Waals surface area contributed by atoms with E-state index in [9.17, 15) is 4.79 Å². The SMILES string of the molecule is C=CCOC(=O)c1c(C(C)(C)C)nc(I)c(-c2ccccc2)c1C1=CCCCC1. The second kappa shape index (κ2) is 9.24. The van der Waals surface area contributed by atoms with Crippen LogP contribution in [0.25, 0.3) is 16.7 Å². The van der Waals surface area contributed by atoms with Gasteiger partial charge in [0.15, 0.2) is 0 Å². The molecular weight excluding hydrogens is 473 g/mol. The molecular formula is C25H28INO2. The van der Waals surface area contributed by atoms with Gasteiger partial charge in [-0.25, -0.2) is 9.78 Å². The molecule has 0 N–H and O–H groups in total. The molecule has 0 radical (unpaired) electrons. The second-order valence-corrected chi connectivity index (χ2v) is 9.38. The van der Waals surface area contributed by atoms with Crippen molar-refractivity contribution in [3.63, 3.8) is 0 Å². The summed E-state index contributed by atoms with van der Waals surface area (Å²) in [4.78, 5) is 18.2. The Hall–Kier alpha value is -1.95. The van der Waals surface area contributed by atoms with Crippen LogP contribution in [0.4, 0.5) is 0 Å². The highest BCUT2D eigenvalue weighted by Crippen LogP contribution is 2.42. The molecule has 0 spiro atoms. The van der Waals surface area contributed by atoms with Crippen LogP contribution in [0.2, 0.25) is 0 Å². The summed E-state index contributed by atoms with van der Waals surface area (Å²) in [5.74, 6) is -0.322. The number of aromatic nitrogens is 1. The third kappa shape index (κ3) is 4.80. The first-order valence-corrected chi connectivity index (χ1v) is 11.2. The normalized spacial score (nSPS) is 14.3. The van der Waals surface area contributed by atoms with E-state index in [1.165, 1.54) is 12.0 Å². The summed E-state index contributed by atoms with van der Waals surface area (Å²) in [5, 5.41) is 0. The first-order valence-electron chi connectivity index (χ1n) is 10.1. The molecule has 152 valence electrons. The Morgan fingerprint density at radius 2 is 1.93 bits per heavy atom. The number of esters is 1. The van der Waals surface area contributed by atoms with Crippen molar-refractivity contribution in [1.82, 2.24) is 4.98 Å². The van der Waals surface area contributed by atoms with Crippen LogP contribution in [0.15, 0.2) is 49.1 Å².